The number of hydrogen-bond acceptors (Lipinski definition) is 3. The van der Waals surface area contributed by atoms with Crippen LogP contribution in [0.15, 0.2) is 46.6 Å². The first kappa shape index (κ1) is 19.6. The zero-order chi connectivity index (χ0) is 19.2. The number of benzene rings is 2. The van der Waals surface area contributed by atoms with E-state index in [9.17, 15) is 22.0 Å². The molecule has 0 radical (unpaired) electrons. The Morgan fingerprint density at radius 2 is 1.46 bits per heavy atom. The van der Waals surface area contributed by atoms with Crippen LogP contribution in [0.3, 0.4) is 0 Å². The van der Waals surface area contributed by atoms with Gasteiger partial charge < -0.3 is 4.74 Å². The molecule has 0 spiro atoms. The number of halogens is 5. The quantitative estimate of drug-likeness (QED) is 0.388. The lowest BCUT2D eigenvalue weighted by molar-refractivity contribution is -0.276. The van der Waals surface area contributed by atoms with Gasteiger partial charge >= 0.3 is 6.36 Å². The summed E-state index contributed by atoms with van der Waals surface area (Å²) < 4.78 is 66.6. The molecule has 2 rings (SSSR count). The second-order valence-corrected chi connectivity index (χ2v) is 5.34. The summed E-state index contributed by atoms with van der Waals surface area (Å²) in [5.41, 5.74) is 1.89. The van der Waals surface area contributed by atoms with Gasteiger partial charge in [0.2, 0.25) is 5.75 Å². The maximum Gasteiger partial charge on any atom is 0.573 e. The van der Waals surface area contributed by atoms with E-state index in [-0.39, 0.29) is 5.56 Å². The molecule has 0 aliphatic rings. The van der Waals surface area contributed by atoms with Crippen LogP contribution in [-0.4, -0.2) is 18.8 Å². The molecule has 0 unspecified atom stereocenters. The van der Waals surface area contributed by atoms with Crippen molar-refractivity contribution in [3.05, 3.63) is 64.7 Å². The van der Waals surface area contributed by atoms with Crippen molar-refractivity contribution in [1.29, 1.82) is 0 Å². The fourth-order valence-corrected chi connectivity index (χ4v) is 2.13. The summed E-state index contributed by atoms with van der Waals surface area (Å²) in [7, 11) is 0. The van der Waals surface area contributed by atoms with E-state index in [0.717, 1.165) is 24.6 Å². The Hall–Kier alpha value is -2.77. The fraction of sp³-hybridized carbons (Fsp3) is 0.222. The number of rotatable bonds is 6. The lowest BCUT2D eigenvalue weighted by atomic mass is 10.1. The molecule has 138 valence electrons. The normalized spacial score (nSPS) is 12.2. The number of alkyl halides is 3. The molecule has 0 aliphatic heterocycles. The Morgan fingerprint density at radius 3 is 1.96 bits per heavy atom. The Kier molecular flexibility index (Phi) is 6.43. The molecule has 3 nitrogen and oxygen atoms in total. The van der Waals surface area contributed by atoms with Crippen LogP contribution < -0.4 is 4.74 Å². The zero-order valence-electron chi connectivity index (χ0n) is 13.7. The van der Waals surface area contributed by atoms with Gasteiger partial charge in [0.05, 0.1) is 12.4 Å². The lowest BCUT2D eigenvalue weighted by Crippen LogP contribution is -2.19. The molecule has 0 fully saturated rings. The standard InChI is InChI=1S/C18H15F5N2O/c1-2-3-12-4-6-13(7-5-12)10-24-25-11-14-8-15(19)17(16(20)9-14)26-18(21,22)23/h4-11H,2-3H2,1H3/b24-10+,25-11-. The summed E-state index contributed by atoms with van der Waals surface area (Å²) in [6.07, 6.45) is -0.710. The molecule has 0 N–H and O–H groups in total. The minimum atomic E-state index is -5.19. The molecular formula is C18H15F5N2O. The smallest absolute Gasteiger partial charge is 0.399 e. The second kappa shape index (κ2) is 8.55. The minimum Gasteiger partial charge on any atom is -0.399 e. The molecule has 0 atom stereocenters. The Morgan fingerprint density at radius 1 is 0.923 bits per heavy atom. The number of ether oxygens (including phenoxy) is 1. The van der Waals surface area contributed by atoms with Gasteiger partial charge in [0.1, 0.15) is 0 Å². The van der Waals surface area contributed by atoms with E-state index in [2.05, 4.69) is 21.9 Å². The summed E-state index contributed by atoms with van der Waals surface area (Å²) in [6.45, 7) is 2.08. The van der Waals surface area contributed by atoms with Crippen LogP contribution in [0.5, 0.6) is 5.75 Å². The Bertz CT molecular complexity index is 775. The Balaban J connectivity index is 2.06. The molecule has 8 heteroatoms. The lowest BCUT2D eigenvalue weighted by Gasteiger charge is -2.10. The van der Waals surface area contributed by atoms with Crippen LogP contribution in [0.4, 0.5) is 22.0 Å². The van der Waals surface area contributed by atoms with Crippen molar-refractivity contribution in [2.24, 2.45) is 10.2 Å². The predicted molar refractivity (Wildman–Crippen MR) is 88.7 cm³/mol. The van der Waals surface area contributed by atoms with Crippen molar-refractivity contribution in [1.82, 2.24) is 0 Å². The molecule has 26 heavy (non-hydrogen) atoms. The first-order valence-corrected chi connectivity index (χ1v) is 7.68. The first-order chi connectivity index (χ1) is 12.3. The third-order valence-electron chi connectivity index (χ3n) is 3.24. The van der Waals surface area contributed by atoms with Crippen LogP contribution in [0.25, 0.3) is 0 Å². The highest BCUT2D eigenvalue weighted by Crippen LogP contribution is 2.29. The average molecular weight is 370 g/mol. The average Bonchev–Trinajstić information content (AvgIpc) is 2.56. The highest BCUT2D eigenvalue weighted by molar-refractivity contribution is 5.82. The van der Waals surface area contributed by atoms with Gasteiger partial charge in [0.25, 0.3) is 0 Å². The van der Waals surface area contributed by atoms with Crippen LogP contribution in [0, 0.1) is 11.6 Å². The molecule has 2 aromatic rings. The zero-order valence-corrected chi connectivity index (χ0v) is 13.7. The second-order valence-electron chi connectivity index (χ2n) is 5.34. The fourth-order valence-electron chi connectivity index (χ4n) is 2.13. The largest absolute Gasteiger partial charge is 0.573 e. The molecule has 0 heterocycles. The van der Waals surface area contributed by atoms with Crippen molar-refractivity contribution in [2.75, 3.05) is 0 Å². The summed E-state index contributed by atoms with van der Waals surface area (Å²) >= 11 is 0. The van der Waals surface area contributed by atoms with Gasteiger partial charge in [-0.25, -0.2) is 8.78 Å². The van der Waals surface area contributed by atoms with E-state index in [4.69, 9.17) is 0 Å². The van der Waals surface area contributed by atoms with Crippen molar-refractivity contribution in [3.8, 4) is 5.75 Å². The predicted octanol–water partition coefficient (Wildman–Crippen LogP) is 5.27. The third-order valence-corrected chi connectivity index (χ3v) is 3.24. The van der Waals surface area contributed by atoms with Gasteiger partial charge in [-0.1, -0.05) is 37.6 Å². The maximum absolute atomic E-state index is 13.6. The van der Waals surface area contributed by atoms with E-state index in [1.54, 1.807) is 0 Å². The van der Waals surface area contributed by atoms with E-state index in [0.29, 0.717) is 12.1 Å². The van der Waals surface area contributed by atoms with Crippen molar-refractivity contribution < 1.29 is 26.7 Å². The van der Waals surface area contributed by atoms with E-state index in [1.807, 2.05) is 24.3 Å². The van der Waals surface area contributed by atoms with Gasteiger partial charge in [0.15, 0.2) is 11.6 Å². The van der Waals surface area contributed by atoms with E-state index in [1.165, 1.54) is 11.8 Å². The summed E-state index contributed by atoms with van der Waals surface area (Å²) in [6, 6.07) is 8.96. The maximum atomic E-state index is 13.6. The van der Waals surface area contributed by atoms with Gasteiger partial charge in [-0.15, -0.1) is 13.2 Å². The molecule has 0 aromatic heterocycles. The van der Waals surface area contributed by atoms with Gasteiger partial charge in [-0.05, 0) is 29.7 Å². The van der Waals surface area contributed by atoms with Crippen LogP contribution in [0.1, 0.15) is 30.0 Å². The van der Waals surface area contributed by atoms with Crippen molar-refractivity contribution >= 4 is 12.4 Å². The number of aryl methyl sites for hydroxylation is 1. The van der Waals surface area contributed by atoms with Crippen LogP contribution >= 0.6 is 0 Å². The minimum absolute atomic E-state index is 0.0926. The Labute approximate surface area is 146 Å². The summed E-state index contributed by atoms with van der Waals surface area (Å²) in [4.78, 5) is 0. The molecule has 0 saturated carbocycles. The topological polar surface area (TPSA) is 34.0 Å². The van der Waals surface area contributed by atoms with Gasteiger partial charge in [-0.2, -0.15) is 10.2 Å². The van der Waals surface area contributed by atoms with Crippen LogP contribution in [-0.2, 0) is 6.42 Å². The van der Waals surface area contributed by atoms with Gasteiger partial charge in [-0.3, -0.25) is 0 Å². The van der Waals surface area contributed by atoms with Crippen molar-refractivity contribution in [3.63, 3.8) is 0 Å². The highest BCUT2D eigenvalue weighted by atomic mass is 19.4. The SMILES string of the molecule is CCCc1ccc(/C=N/N=C\c2cc(F)c(OC(F)(F)F)c(F)c2)cc1. The van der Waals surface area contributed by atoms with E-state index >= 15 is 0 Å². The van der Waals surface area contributed by atoms with Crippen LogP contribution in [0.2, 0.25) is 0 Å². The molecule has 0 bridgehead atoms. The molecule has 2 aromatic carbocycles. The summed E-state index contributed by atoms with van der Waals surface area (Å²) in [5.74, 6) is -4.48. The highest BCUT2D eigenvalue weighted by Gasteiger charge is 2.34. The monoisotopic (exact) mass is 370 g/mol. The number of nitrogens with zero attached hydrogens (tertiary/aromatic N) is 2. The first-order valence-electron chi connectivity index (χ1n) is 7.68. The van der Waals surface area contributed by atoms with Crippen molar-refractivity contribution in [2.45, 2.75) is 26.1 Å². The molecule has 0 aliphatic carbocycles. The molecule has 0 saturated heterocycles. The summed E-state index contributed by atoms with van der Waals surface area (Å²) in [5, 5.41) is 7.37. The van der Waals surface area contributed by atoms with Gasteiger partial charge in [0, 0.05) is 5.56 Å². The number of hydrogen-bond donors (Lipinski definition) is 0. The van der Waals surface area contributed by atoms with E-state index < -0.39 is 23.7 Å². The molecule has 0 amide bonds. The molecular weight excluding hydrogens is 355 g/mol. The third kappa shape index (κ3) is 5.94.